The molecular weight excluding hydrogens is 685 g/mol. The predicted molar refractivity (Wildman–Crippen MR) is 228 cm³/mol. The summed E-state index contributed by atoms with van der Waals surface area (Å²) in [6.45, 7) is 0. The van der Waals surface area contributed by atoms with Crippen molar-refractivity contribution in [1.29, 1.82) is 0 Å². The minimum atomic E-state index is 0.0936. The van der Waals surface area contributed by atoms with Crippen molar-refractivity contribution in [2.75, 3.05) is 0 Å². The van der Waals surface area contributed by atoms with Crippen molar-refractivity contribution >= 4 is 49.3 Å². The summed E-state index contributed by atoms with van der Waals surface area (Å²) >= 11 is 0. The van der Waals surface area contributed by atoms with Gasteiger partial charge >= 0.3 is 0 Å². The second kappa shape index (κ2) is 13.1. The average Bonchev–Trinajstić information content (AvgIpc) is 3.81. The minimum Gasteiger partial charge on any atom is -0.309 e. The fraction of sp³-hybridized carbons (Fsp3) is 0.0400. The Morgan fingerprint density at radius 3 is 1.71 bits per heavy atom. The number of para-hydroxylation sites is 4. The van der Waals surface area contributed by atoms with E-state index in [9.17, 15) is 0 Å². The Kier molecular flexibility index (Phi) is 7.52. The van der Waals surface area contributed by atoms with Gasteiger partial charge in [-0.15, -0.1) is 0 Å². The van der Waals surface area contributed by atoms with E-state index < -0.39 is 0 Å². The van der Waals surface area contributed by atoms with Gasteiger partial charge in [0.05, 0.1) is 22.1 Å². The van der Waals surface area contributed by atoms with E-state index in [1.165, 1.54) is 43.7 Å². The highest BCUT2D eigenvalue weighted by atomic mass is 15.0. The Balaban J connectivity index is 1.12. The number of allylic oxidation sites excluding steroid dienone is 4. The maximum atomic E-state index is 4.62. The number of rotatable bonds is 6. The lowest BCUT2D eigenvalue weighted by Crippen LogP contribution is -2.06. The first-order valence-electron chi connectivity index (χ1n) is 19.0. The molecule has 0 spiro atoms. The number of hydrogen-bond donors (Lipinski definition) is 0. The van der Waals surface area contributed by atoms with Gasteiger partial charge in [0.25, 0.3) is 0 Å². The molecule has 0 fully saturated rings. The van der Waals surface area contributed by atoms with Crippen molar-refractivity contribution < 1.29 is 0 Å². The second-order valence-electron chi connectivity index (χ2n) is 14.3. The Hall–Kier alpha value is -7.44. The maximum absolute atomic E-state index is 4.62. The van der Waals surface area contributed by atoms with Crippen LogP contribution in [0.4, 0.5) is 0 Å². The third kappa shape index (κ3) is 5.18. The van der Waals surface area contributed by atoms with Gasteiger partial charge in [0.15, 0.2) is 5.82 Å². The van der Waals surface area contributed by atoms with E-state index in [1.807, 2.05) is 24.5 Å². The molecule has 6 nitrogen and oxygen atoms in total. The first-order chi connectivity index (χ1) is 27.8. The number of fused-ring (bicyclic) bond motifs is 6. The Morgan fingerprint density at radius 1 is 0.464 bits per heavy atom. The number of nitrogens with zero attached hydrogens (tertiary/aromatic N) is 6. The zero-order chi connectivity index (χ0) is 37.0. The minimum absolute atomic E-state index is 0.0936. The maximum Gasteiger partial charge on any atom is 0.159 e. The second-order valence-corrected chi connectivity index (χ2v) is 14.3. The van der Waals surface area contributed by atoms with Crippen LogP contribution in [0.25, 0.3) is 88.6 Å². The van der Waals surface area contributed by atoms with Crippen molar-refractivity contribution in [2.24, 2.45) is 0 Å². The van der Waals surface area contributed by atoms with Gasteiger partial charge in [-0.1, -0.05) is 109 Å². The van der Waals surface area contributed by atoms with Crippen molar-refractivity contribution in [3.05, 3.63) is 194 Å². The molecule has 10 aromatic rings. The van der Waals surface area contributed by atoms with Crippen LogP contribution in [0.5, 0.6) is 0 Å². The van der Waals surface area contributed by atoms with Crippen LogP contribution in [0.3, 0.4) is 0 Å². The molecule has 0 radical (unpaired) electrons. The molecule has 0 saturated heterocycles. The molecule has 1 atom stereocenters. The molecule has 11 rings (SSSR count). The smallest absolute Gasteiger partial charge is 0.159 e. The van der Waals surface area contributed by atoms with E-state index in [-0.39, 0.29) is 5.92 Å². The van der Waals surface area contributed by atoms with Gasteiger partial charge in [0, 0.05) is 80.3 Å². The van der Waals surface area contributed by atoms with Gasteiger partial charge in [-0.3, -0.25) is 0 Å². The highest BCUT2D eigenvalue weighted by Gasteiger charge is 2.22. The van der Waals surface area contributed by atoms with Gasteiger partial charge < -0.3 is 9.13 Å². The lowest BCUT2D eigenvalue weighted by Gasteiger charge is -2.19. The van der Waals surface area contributed by atoms with Gasteiger partial charge in [0.1, 0.15) is 5.82 Å². The first kappa shape index (κ1) is 32.0. The van der Waals surface area contributed by atoms with Crippen LogP contribution in [0.1, 0.15) is 18.2 Å². The molecule has 4 aromatic heterocycles. The summed E-state index contributed by atoms with van der Waals surface area (Å²) in [5.41, 5.74) is 12.5. The van der Waals surface area contributed by atoms with Crippen LogP contribution in [-0.4, -0.2) is 29.1 Å². The zero-order valence-electron chi connectivity index (χ0n) is 30.4. The molecule has 0 amide bonds. The fourth-order valence-electron chi connectivity index (χ4n) is 8.62. The summed E-state index contributed by atoms with van der Waals surface area (Å²) in [6.07, 6.45) is 14.9. The summed E-state index contributed by atoms with van der Waals surface area (Å²) in [5, 5.41) is 4.87. The Labute approximate surface area is 323 Å². The van der Waals surface area contributed by atoms with Crippen molar-refractivity contribution in [2.45, 2.75) is 12.3 Å². The molecule has 264 valence electrons. The molecule has 0 bridgehead atoms. The van der Waals surface area contributed by atoms with E-state index in [0.717, 1.165) is 51.4 Å². The lowest BCUT2D eigenvalue weighted by atomic mass is 9.95. The molecule has 4 heterocycles. The SMILES string of the molecule is C1=CC(n2c3ccccc3c3cccc(-c4cccc(-c5cccc6c7ccccc7n(-c7cccc(-c8ncccn8)c7)c56)c4)c32)=CC(c2ncccn2)C1. The van der Waals surface area contributed by atoms with Crippen LogP contribution >= 0.6 is 0 Å². The molecule has 6 heteroatoms. The van der Waals surface area contributed by atoms with Gasteiger partial charge in [-0.25, -0.2) is 19.9 Å². The fourth-order valence-corrected chi connectivity index (χ4v) is 8.62. The normalized spacial score (nSPS) is 14.2. The first-order valence-corrected chi connectivity index (χ1v) is 19.0. The molecule has 0 N–H and O–H groups in total. The average molecular weight is 719 g/mol. The third-order valence-corrected chi connectivity index (χ3v) is 11.0. The summed E-state index contributed by atoms with van der Waals surface area (Å²) in [5.74, 6) is 1.64. The topological polar surface area (TPSA) is 61.4 Å². The molecular formula is C50H34N6. The molecule has 6 aromatic carbocycles. The molecule has 1 aliphatic rings. The van der Waals surface area contributed by atoms with Crippen molar-refractivity contribution in [1.82, 2.24) is 29.1 Å². The molecule has 0 aliphatic heterocycles. The standard InChI is InChI=1S/C50H34N6/c1-3-24-45-41(18-1)43-22-8-20-39(47(43)55(45)37-16-6-14-35(31-37)49-51-26-10-27-52-49)33-12-5-13-34(30-33)40-21-9-23-44-42-19-2-4-25-46(42)56(48(40)44)38-17-7-15-36(32-38)50-53-28-11-29-54-50/h1-14,16-32,36H,15H2. The van der Waals surface area contributed by atoms with Crippen LogP contribution in [-0.2, 0) is 0 Å². The lowest BCUT2D eigenvalue weighted by molar-refractivity contribution is 0.769. The van der Waals surface area contributed by atoms with E-state index in [1.54, 1.807) is 12.4 Å². The Bertz CT molecular complexity index is 3170. The van der Waals surface area contributed by atoms with Crippen LogP contribution in [0, 0.1) is 0 Å². The number of aromatic nitrogens is 6. The van der Waals surface area contributed by atoms with Crippen molar-refractivity contribution in [3.8, 4) is 39.3 Å². The highest BCUT2D eigenvalue weighted by molar-refractivity contribution is 6.16. The largest absolute Gasteiger partial charge is 0.309 e. The predicted octanol–water partition coefficient (Wildman–Crippen LogP) is 12.1. The highest BCUT2D eigenvalue weighted by Crippen LogP contribution is 2.43. The van der Waals surface area contributed by atoms with Crippen molar-refractivity contribution in [3.63, 3.8) is 0 Å². The van der Waals surface area contributed by atoms with Crippen LogP contribution in [0.2, 0.25) is 0 Å². The summed E-state index contributed by atoms with van der Waals surface area (Å²) < 4.78 is 4.83. The Morgan fingerprint density at radius 2 is 1.02 bits per heavy atom. The summed E-state index contributed by atoms with van der Waals surface area (Å²) in [7, 11) is 0. The summed E-state index contributed by atoms with van der Waals surface area (Å²) in [4.78, 5) is 18.3. The van der Waals surface area contributed by atoms with E-state index in [0.29, 0.717) is 5.82 Å². The third-order valence-electron chi connectivity index (χ3n) is 11.0. The molecule has 56 heavy (non-hydrogen) atoms. The monoisotopic (exact) mass is 718 g/mol. The van der Waals surface area contributed by atoms with E-state index >= 15 is 0 Å². The quantitative estimate of drug-likeness (QED) is 0.172. The van der Waals surface area contributed by atoms with E-state index in [2.05, 4.69) is 181 Å². The van der Waals surface area contributed by atoms with Gasteiger partial charge in [0.2, 0.25) is 0 Å². The van der Waals surface area contributed by atoms with E-state index in [4.69, 9.17) is 0 Å². The molecule has 1 aliphatic carbocycles. The zero-order valence-corrected chi connectivity index (χ0v) is 30.4. The molecule has 0 saturated carbocycles. The molecule has 1 unspecified atom stereocenters. The van der Waals surface area contributed by atoms with Crippen LogP contribution in [0.15, 0.2) is 189 Å². The van der Waals surface area contributed by atoms with Crippen LogP contribution < -0.4 is 0 Å². The van der Waals surface area contributed by atoms with Gasteiger partial charge in [-0.05, 0) is 72.2 Å². The number of benzene rings is 6. The summed E-state index contributed by atoms with van der Waals surface area (Å²) in [6, 6.07) is 52.1. The van der Waals surface area contributed by atoms with Gasteiger partial charge in [-0.2, -0.15) is 0 Å². The number of hydrogen-bond acceptors (Lipinski definition) is 4.